The fraction of sp³-hybridized carbons (Fsp3) is 1.00. The van der Waals surface area contributed by atoms with Gasteiger partial charge in [-0.05, 0) is 32.1 Å². The maximum atomic E-state index is 9.87. The maximum Gasteiger partial charge on any atom is 0.0882 e. The molecule has 11 heavy (non-hydrogen) atoms. The third-order valence-corrected chi connectivity index (χ3v) is 2.41. The fourth-order valence-electron chi connectivity index (χ4n) is 1.79. The normalized spacial score (nSPS) is 37.9. The molecular formula is C9H18O2. The highest BCUT2D eigenvalue weighted by molar-refractivity contribution is 4.87. The molecule has 1 aliphatic carbocycles. The van der Waals surface area contributed by atoms with Crippen molar-refractivity contribution in [3.63, 3.8) is 0 Å². The summed E-state index contributed by atoms with van der Waals surface area (Å²) in [5, 5.41) is 9.87. The van der Waals surface area contributed by atoms with Gasteiger partial charge in [0.1, 0.15) is 0 Å². The smallest absolute Gasteiger partial charge is 0.0882 e. The molecular weight excluding hydrogens is 140 g/mol. The van der Waals surface area contributed by atoms with Gasteiger partial charge in [0.15, 0.2) is 0 Å². The highest BCUT2D eigenvalue weighted by atomic mass is 16.5. The third kappa shape index (κ3) is 2.46. The van der Waals surface area contributed by atoms with E-state index in [0.29, 0.717) is 19.1 Å². The van der Waals surface area contributed by atoms with Crippen LogP contribution in [0.4, 0.5) is 0 Å². The van der Waals surface area contributed by atoms with E-state index in [0.717, 1.165) is 19.3 Å². The van der Waals surface area contributed by atoms with Crippen LogP contribution in [0, 0.1) is 5.92 Å². The van der Waals surface area contributed by atoms with Crippen LogP contribution in [0.1, 0.15) is 33.1 Å². The Morgan fingerprint density at radius 3 is 2.82 bits per heavy atom. The summed E-state index contributed by atoms with van der Waals surface area (Å²) >= 11 is 0. The first kappa shape index (κ1) is 9.01. The Bertz CT molecular complexity index is 125. The zero-order valence-electron chi connectivity index (χ0n) is 7.47. The van der Waals surface area contributed by atoms with Gasteiger partial charge >= 0.3 is 0 Å². The quantitative estimate of drug-likeness (QED) is 0.675. The van der Waals surface area contributed by atoms with Crippen molar-refractivity contribution >= 4 is 0 Å². The standard InChI is InChI=1S/C9H18O2/c1-3-11-7-9(10)5-4-8(2)6-9/h8,10H,3-7H2,1-2H3. The van der Waals surface area contributed by atoms with Crippen LogP contribution >= 0.6 is 0 Å². The Balaban J connectivity index is 2.29. The van der Waals surface area contributed by atoms with E-state index in [1.54, 1.807) is 0 Å². The lowest BCUT2D eigenvalue weighted by Crippen LogP contribution is -2.31. The molecule has 0 radical (unpaired) electrons. The number of hydrogen-bond acceptors (Lipinski definition) is 2. The Morgan fingerprint density at radius 2 is 2.36 bits per heavy atom. The van der Waals surface area contributed by atoms with Gasteiger partial charge in [-0.3, -0.25) is 0 Å². The molecule has 0 amide bonds. The third-order valence-electron chi connectivity index (χ3n) is 2.41. The second-order valence-corrected chi connectivity index (χ2v) is 3.71. The summed E-state index contributed by atoms with van der Waals surface area (Å²) in [6, 6.07) is 0. The van der Waals surface area contributed by atoms with Crippen LogP contribution in [0.25, 0.3) is 0 Å². The SMILES string of the molecule is CCOCC1(O)CCC(C)C1. The first-order chi connectivity index (χ1) is 5.16. The van der Waals surface area contributed by atoms with Crippen LogP contribution in [0.2, 0.25) is 0 Å². The van der Waals surface area contributed by atoms with Gasteiger partial charge < -0.3 is 9.84 Å². The van der Waals surface area contributed by atoms with Crippen molar-refractivity contribution < 1.29 is 9.84 Å². The molecule has 0 aromatic rings. The van der Waals surface area contributed by atoms with Gasteiger partial charge in [0.05, 0.1) is 12.2 Å². The monoisotopic (exact) mass is 158 g/mol. The van der Waals surface area contributed by atoms with Crippen LogP contribution in [0.5, 0.6) is 0 Å². The number of aliphatic hydroxyl groups is 1. The summed E-state index contributed by atoms with van der Waals surface area (Å²) in [7, 11) is 0. The van der Waals surface area contributed by atoms with Crippen molar-refractivity contribution in [2.45, 2.75) is 38.7 Å². The van der Waals surface area contributed by atoms with Crippen molar-refractivity contribution in [1.29, 1.82) is 0 Å². The predicted octanol–water partition coefficient (Wildman–Crippen LogP) is 1.57. The molecule has 1 saturated carbocycles. The summed E-state index contributed by atoms with van der Waals surface area (Å²) in [5.41, 5.74) is -0.505. The van der Waals surface area contributed by atoms with Gasteiger partial charge in [0.2, 0.25) is 0 Å². The predicted molar refractivity (Wildman–Crippen MR) is 44.5 cm³/mol. The minimum atomic E-state index is -0.505. The molecule has 1 aliphatic rings. The Morgan fingerprint density at radius 1 is 1.64 bits per heavy atom. The second-order valence-electron chi connectivity index (χ2n) is 3.71. The molecule has 66 valence electrons. The Kier molecular flexibility index (Phi) is 2.90. The first-order valence-corrected chi connectivity index (χ1v) is 4.46. The van der Waals surface area contributed by atoms with Crippen molar-refractivity contribution in [3.8, 4) is 0 Å². The van der Waals surface area contributed by atoms with Crippen molar-refractivity contribution in [2.75, 3.05) is 13.2 Å². The molecule has 1 fully saturated rings. The largest absolute Gasteiger partial charge is 0.387 e. The molecule has 2 unspecified atom stereocenters. The van der Waals surface area contributed by atoms with Crippen molar-refractivity contribution in [1.82, 2.24) is 0 Å². The van der Waals surface area contributed by atoms with Crippen molar-refractivity contribution in [3.05, 3.63) is 0 Å². The van der Waals surface area contributed by atoms with E-state index in [9.17, 15) is 5.11 Å². The van der Waals surface area contributed by atoms with E-state index in [-0.39, 0.29) is 0 Å². The molecule has 1 rings (SSSR count). The number of ether oxygens (including phenoxy) is 1. The lowest BCUT2D eigenvalue weighted by atomic mass is 10.0. The summed E-state index contributed by atoms with van der Waals surface area (Å²) in [6.45, 7) is 5.37. The van der Waals surface area contributed by atoms with Crippen LogP contribution in [-0.4, -0.2) is 23.9 Å². The molecule has 0 bridgehead atoms. The highest BCUT2D eigenvalue weighted by Gasteiger charge is 2.35. The minimum Gasteiger partial charge on any atom is -0.387 e. The van der Waals surface area contributed by atoms with E-state index in [1.165, 1.54) is 0 Å². The summed E-state index contributed by atoms with van der Waals surface area (Å²) in [6.07, 6.45) is 2.96. The zero-order chi connectivity index (χ0) is 8.32. The van der Waals surface area contributed by atoms with E-state index in [4.69, 9.17) is 4.74 Å². The highest BCUT2D eigenvalue weighted by Crippen LogP contribution is 2.34. The zero-order valence-corrected chi connectivity index (χ0v) is 7.47. The van der Waals surface area contributed by atoms with Crippen LogP contribution < -0.4 is 0 Å². The summed E-state index contributed by atoms with van der Waals surface area (Å²) in [4.78, 5) is 0. The number of hydrogen-bond donors (Lipinski definition) is 1. The maximum absolute atomic E-state index is 9.87. The van der Waals surface area contributed by atoms with Gasteiger partial charge in [0.25, 0.3) is 0 Å². The average molecular weight is 158 g/mol. The molecule has 1 N–H and O–H groups in total. The minimum absolute atomic E-state index is 0.505. The molecule has 0 heterocycles. The van der Waals surface area contributed by atoms with Gasteiger partial charge in [0, 0.05) is 6.61 Å². The molecule has 0 aromatic carbocycles. The van der Waals surface area contributed by atoms with E-state index >= 15 is 0 Å². The Labute approximate surface area is 68.6 Å². The topological polar surface area (TPSA) is 29.5 Å². The van der Waals surface area contributed by atoms with Gasteiger partial charge in [-0.15, -0.1) is 0 Å². The number of rotatable bonds is 3. The Hall–Kier alpha value is -0.0800. The molecule has 2 nitrogen and oxygen atoms in total. The van der Waals surface area contributed by atoms with E-state index in [2.05, 4.69) is 6.92 Å². The van der Waals surface area contributed by atoms with Crippen LogP contribution in [0.3, 0.4) is 0 Å². The molecule has 0 spiro atoms. The van der Waals surface area contributed by atoms with Gasteiger partial charge in [-0.1, -0.05) is 6.92 Å². The fourth-order valence-corrected chi connectivity index (χ4v) is 1.79. The van der Waals surface area contributed by atoms with Crippen LogP contribution in [0.15, 0.2) is 0 Å². The first-order valence-electron chi connectivity index (χ1n) is 4.46. The van der Waals surface area contributed by atoms with Crippen molar-refractivity contribution in [2.24, 2.45) is 5.92 Å². The average Bonchev–Trinajstić information content (AvgIpc) is 2.28. The lowest BCUT2D eigenvalue weighted by molar-refractivity contribution is -0.0402. The second kappa shape index (κ2) is 3.55. The summed E-state index contributed by atoms with van der Waals surface area (Å²) < 4.78 is 5.22. The van der Waals surface area contributed by atoms with Crippen LogP contribution in [-0.2, 0) is 4.74 Å². The molecule has 2 heteroatoms. The van der Waals surface area contributed by atoms with E-state index < -0.39 is 5.60 Å². The summed E-state index contributed by atoms with van der Waals surface area (Å²) in [5.74, 6) is 0.667. The molecule has 0 aromatic heterocycles. The lowest BCUT2D eigenvalue weighted by Gasteiger charge is -2.21. The molecule has 0 aliphatic heterocycles. The molecule has 2 atom stereocenters. The van der Waals surface area contributed by atoms with E-state index in [1.807, 2.05) is 6.92 Å². The van der Waals surface area contributed by atoms with Gasteiger partial charge in [-0.2, -0.15) is 0 Å². The van der Waals surface area contributed by atoms with Gasteiger partial charge in [-0.25, -0.2) is 0 Å². The molecule has 0 saturated heterocycles.